The van der Waals surface area contributed by atoms with Gasteiger partial charge in [0.05, 0.1) is 11.5 Å². The molecule has 0 aromatic rings. The third-order valence-corrected chi connectivity index (χ3v) is 4.45. The Morgan fingerprint density at radius 3 is 2.35 bits per heavy atom. The number of hydrogen-bond acceptors (Lipinski definition) is 3. The molecule has 1 saturated carbocycles. The van der Waals surface area contributed by atoms with Gasteiger partial charge in [-0.25, -0.2) is 0 Å². The van der Waals surface area contributed by atoms with Crippen LogP contribution < -0.4 is 0 Å². The lowest BCUT2D eigenvalue weighted by Crippen LogP contribution is -2.44. The summed E-state index contributed by atoms with van der Waals surface area (Å²) in [5.74, 6) is -0.671. The summed E-state index contributed by atoms with van der Waals surface area (Å²) >= 11 is 0. The predicted molar refractivity (Wildman–Crippen MR) is 63.3 cm³/mol. The highest BCUT2D eigenvalue weighted by Crippen LogP contribution is 2.49. The van der Waals surface area contributed by atoms with E-state index in [9.17, 15) is 4.79 Å². The molecular formula is C13H20N2O2. The largest absolute Gasteiger partial charge is 0.481 e. The Morgan fingerprint density at radius 1 is 1.35 bits per heavy atom. The topological polar surface area (TPSA) is 64.3 Å². The van der Waals surface area contributed by atoms with Gasteiger partial charge in [-0.3, -0.25) is 4.79 Å². The molecule has 94 valence electrons. The molecule has 0 unspecified atom stereocenters. The molecule has 0 radical (unpaired) electrons. The van der Waals surface area contributed by atoms with Crippen molar-refractivity contribution < 1.29 is 9.90 Å². The molecule has 4 nitrogen and oxygen atoms in total. The summed E-state index contributed by atoms with van der Waals surface area (Å²) in [7, 11) is 0. The van der Waals surface area contributed by atoms with Gasteiger partial charge in [0.2, 0.25) is 0 Å². The molecule has 2 aliphatic rings. The van der Waals surface area contributed by atoms with E-state index in [1.54, 1.807) is 0 Å². The smallest absolute Gasteiger partial charge is 0.309 e. The number of nitrogens with zero attached hydrogens (tertiary/aromatic N) is 2. The lowest BCUT2D eigenvalue weighted by molar-refractivity contribution is -0.150. The second kappa shape index (κ2) is 4.30. The van der Waals surface area contributed by atoms with Crippen LogP contribution in [0, 0.1) is 22.2 Å². The first kappa shape index (κ1) is 12.4. The van der Waals surface area contributed by atoms with Crippen LogP contribution in [0.3, 0.4) is 0 Å². The molecule has 0 spiro atoms. The van der Waals surface area contributed by atoms with Crippen LogP contribution >= 0.6 is 0 Å². The molecule has 0 aromatic heterocycles. The fourth-order valence-corrected chi connectivity index (χ4v) is 2.63. The minimum atomic E-state index is -0.671. The van der Waals surface area contributed by atoms with E-state index in [4.69, 9.17) is 10.4 Å². The normalized spacial score (nSPS) is 26.1. The van der Waals surface area contributed by atoms with E-state index in [2.05, 4.69) is 11.0 Å². The Hall–Kier alpha value is -1.08. The van der Waals surface area contributed by atoms with E-state index in [-0.39, 0.29) is 5.41 Å². The average molecular weight is 236 g/mol. The molecule has 0 atom stereocenters. The van der Waals surface area contributed by atoms with Crippen molar-refractivity contribution in [2.45, 2.75) is 39.0 Å². The maximum absolute atomic E-state index is 11.1. The van der Waals surface area contributed by atoms with Crippen molar-refractivity contribution in [3.8, 4) is 6.07 Å². The Bertz CT molecular complexity index is 347. The molecule has 2 rings (SSSR count). The number of likely N-dealkylation sites (tertiary alicyclic amines) is 1. The number of aliphatic carboxylic acids is 1. The molecule has 1 saturated heterocycles. The van der Waals surface area contributed by atoms with Gasteiger partial charge in [-0.05, 0) is 51.1 Å². The van der Waals surface area contributed by atoms with E-state index in [0.29, 0.717) is 6.42 Å². The Kier molecular flexibility index (Phi) is 3.13. The van der Waals surface area contributed by atoms with E-state index in [0.717, 1.165) is 45.3 Å². The monoisotopic (exact) mass is 236 g/mol. The van der Waals surface area contributed by atoms with Crippen LogP contribution in [-0.2, 0) is 4.79 Å². The van der Waals surface area contributed by atoms with Crippen molar-refractivity contribution in [3.05, 3.63) is 0 Å². The van der Waals surface area contributed by atoms with Gasteiger partial charge >= 0.3 is 5.97 Å². The van der Waals surface area contributed by atoms with Crippen molar-refractivity contribution in [2.75, 3.05) is 19.6 Å². The van der Waals surface area contributed by atoms with E-state index in [1.807, 2.05) is 6.92 Å². The standard InChI is InChI=1S/C13H20N2O2/c1-12(11(16)17)5-8-15(9-6-12)10-13(2-3-13)4-7-14/h2-6,8-10H2,1H3,(H,16,17). The minimum Gasteiger partial charge on any atom is -0.481 e. The van der Waals surface area contributed by atoms with Gasteiger partial charge in [-0.2, -0.15) is 5.26 Å². The number of carbonyl (C=O) groups is 1. The Labute approximate surface area is 102 Å². The van der Waals surface area contributed by atoms with Crippen molar-refractivity contribution in [2.24, 2.45) is 10.8 Å². The highest BCUT2D eigenvalue weighted by molar-refractivity contribution is 5.74. The summed E-state index contributed by atoms with van der Waals surface area (Å²) in [6.07, 6.45) is 4.43. The van der Waals surface area contributed by atoms with Crippen LogP contribution in [-0.4, -0.2) is 35.6 Å². The zero-order valence-corrected chi connectivity index (χ0v) is 10.4. The van der Waals surface area contributed by atoms with Gasteiger partial charge in [-0.15, -0.1) is 0 Å². The second-order valence-electron chi connectivity index (χ2n) is 5.98. The Morgan fingerprint density at radius 2 is 1.94 bits per heavy atom. The molecule has 1 aliphatic heterocycles. The number of carboxylic acid groups (broad SMARTS) is 1. The van der Waals surface area contributed by atoms with Gasteiger partial charge in [-0.1, -0.05) is 0 Å². The molecule has 0 aromatic carbocycles. The summed E-state index contributed by atoms with van der Waals surface area (Å²) in [6.45, 7) is 4.54. The molecule has 1 aliphatic carbocycles. The lowest BCUT2D eigenvalue weighted by atomic mass is 9.80. The summed E-state index contributed by atoms with van der Waals surface area (Å²) in [6, 6.07) is 2.27. The predicted octanol–water partition coefficient (Wildman–Crippen LogP) is 1.87. The molecule has 2 fully saturated rings. The van der Waals surface area contributed by atoms with Crippen molar-refractivity contribution in [1.82, 2.24) is 4.90 Å². The number of hydrogen-bond donors (Lipinski definition) is 1. The van der Waals surface area contributed by atoms with Crippen LogP contribution in [0.25, 0.3) is 0 Å². The highest BCUT2D eigenvalue weighted by atomic mass is 16.4. The first-order chi connectivity index (χ1) is 8.00. The first-order valence-corrected chi connectivity index (χ1v) is 6.32. The molecule has 0 bridgehead atoms. The SMILES string of the molecule is CC1(C(=O)O)CCN(CC2(CC#N)CC2)CC1. The fourth-order valence-electron chi connectivity index (χ4n) is 2.63. The molecular weight excluding hydrogens is 216 g/mol. The van der Waals surface area contributed by atoms with Crippen LogP contribution in [0.15, 0.2) is 0 Å². The summed E-state index contributed by atoms with van der Waals surface area (Å²) < 4.78 is 0. The van der Waals surface area contributed by atoms with E-state index < -0.39 is 11.4 Å². The van der Waals surface area contributed by atoms with Crippen LogP contribution in [0.2, 0.25) is 0 Å². The molecule has 17 heavy (non-hydrogen) atoms. The summed E-state index contributed by atoms with van der Waals surface area (Å²) in [5, 5.41) is 17.9. The Balaban J connectivity index is 1.84. The summed E-state index contributed by atoms with van der Waals surface area (Å²) in [4.78, 5) is 13.5. The zero-order valence-electron chi connectivity index (χ0n) is 10.4. The van der Waals surface area contributed by atoms with Crippen LogP contribution in [0.1, 0.15) is 39.0 Å². The van der Waals surface area contributed by atoms with Gasteiger partial charge in [0, 0.05) is 13.0 Å². The van der Waals surface area contributed by atoms with E-state index >= 15 is 0 Å². The molecule has 1 heterocycles. The number of carboxylic acids is 1. The van der Waals surface area contributed by atoms with Crippen molar-refractivity contribution in [3.63, 3.8) is 0 Å². The molecule has 0 amide bonds. The lowest BCUT2D eigenvalue weighted by Gasteiger charge is -2.37. The minimum absolute atomic E-state index is 0.242. The van der Waals surface area contributed by atoms with Crippen molar-refractivity contribution >= 4 is 5.97 Å². The van der Waals surface area contributed by atoms with Crippen molar-refractivity contribution in [1.29, 1.82) is 5.26 Å². The number of nitriles is 1. The molecule has 1 N–H and O–H groups in total. The third-order valence-electron chi connectivity index (χ3n) is 4.45. The van der Waals surface area contributed by atoms with Gasteiger partial charge in [0.25, 0.3) is 0 Å². The first-order valence-electron chi connectivity index (χ1n) is 6.32. The number of rotatable bonds is 4. The maximum Gasteiger partial charge on any atom is 0.309 e. The van der Waals surface area contributed by atoms with Crippen LogP contribution in [0.5, 0.6) is 0 Å². The van der Waals surface area contributed by atoms with Gasteiger partial charge in [0.1, 0.15) is 0 Å². The maximum atomic E-state index is 11.1. The van der Waals surface area contributed by atoms with E-state index in [1.165, 1.54) is 0 Å². The highest BCUT2D eigenvalue weighted by Gasteiger charge is 2.45. The third kappa shape index (κ3) is 2.61. The van der Waals surface area contributed by atoms with Gasteiger partial charge < -0.3 is 10.0 Å². The second-order valence-corrected chi connectivity index (χ2v) is 5.98. The molecule has 4 heteroatoms. The number of piperidine rings is 1. The zero-order chi connectivity index (χ0) is 12.5. The quantitative estimate of drug-likeness (QED) is 0.809. The average Bonchev–Trinajstić information content (AvgIpc) is 3.02. The van der Waals surface area contributed by atoms with Crippen LogP contribution in [0.4, 0.5) is 0 Å². The fraction of sp³-hybridized carbons (Fsp3) is 0.846. The summed E-state index contributed by atoms with van der Waals surface area (Å²) in [5.41, 5.74) is -0.297. The van der Waals surface area contributed by atoms with Gasteiger partial charge in [0.15, 0.2) is 0 Å².